The number of hydrogen-bond donors (Lipinski definition) is 1. The summed E-state index contributed by atoms with van der Waals surface area (Å²) in [6, 6.07) is 13.6. The molecule has 9 heteroatoms. The Bertz CT molecular complexity index is 1370. The molecule has 2 fully saturated rings. The third-order valence-corrected chi connectivity index (χ3v) is 8.46. The SMILES string of the molecule is CC(C)n1nccc1C(=O)Nc1ccc(C2CCN(C(=O)c3ccc(C4CCCCC4)c(C(F)(F)F)c3)CC2)cc1. The van der Waals surface area contributed by atoms with Crippen LogP contribution in [0, 0.1) is 0 Å². The van der Waals surface area contributed by atoms with E-state index in [2.05, 4.69) is 10.4 Å². The lowest BCUT2D eigenvalue weighted by atomic mass is 9.81. The lowest BCUT2D eigenvalue weighted by Crippen LogP contribution is -2.38. The van der Waals surface area contributed by atoms with Crippen molar-refractivity contribution in [3.8, 4) is 0 Å². The van der Waals surface area contributed by atoms with Crippen molar-refractivity contribution in [3.05, 3.63) is 82.7 Å². The first-order chi connectivity index (χ1) is 19.6. The van der Waals surface area contributed by atoms with Crippen LogP contribution in [0.5, 0.6) is 0 Å². The number of hydrogen-bond acceptors (Lipinski definition) is 3. The number of nitrogens with one attached hydrogen (secondary N) is 1. The second-order valence-corrected chi connectivity index (χ2v) is 11.5. The van der Waals surface area contributed by atoms with Crippen LogP contribution in [0.4, 0.5) is 18.9 Å². The van der Waals surface area contributed by atoms with E-state index in [1.54, 1.807) is 27.9 Å². The van der Waals surface area contributed by atoms with Crippen LogP contribution in [-0.2, 0) is 6.18 Å². The van der Waals surface area contributed by atoms with Crippen molar-refractivity contribution in [1.82, 2.24) is 14.7 Å². The Balaban J connectivity index is 1.20. The molecular weight excluding hydrogens is 529 g/mol. The highest BCUT2D eigenvalue weighted by Gasteiger charge is 2.37. The summed E-state index contributed by atoms with van der Waals surface area (Å²) in [5, 5.41) is 7.12. The fourth-order valence-electron chi connectivity index (χ4n) is 6.24. The zero-order valence-corrected chi connectivity index (χ0v) is 23.6. The van der Waals surface area contributed by atoms with E-state index >= 15 is 0 Å². The van der Waals surface area contributed by atoms with Gasteiger partial charge in [-0.05, 0) is 92.8 Å². The number of aromatic nitrogens is 2. The highest BCUT2D eigenvalue weighted by atomic mass is 19.4. The molecule has 218 valence electrons. The molecule has 3 aromatic rings. The van der Waals surface area contributed by atoms with Crippen LogP contribution in [0.25, 0.3) is 0 Å². The highest BCUT2D eigenvalue weighted by molar-refractivity contribution is 6.03. The smallest absolute Gasteiger partial charge is 0.339 e. The molecule has 0 bridgehead atoms. The van der Waals surface area contributed by atoms with Gasteiger partial charge >= 0.3 is 6.18 Å². The number of carbonyl (C=O) groups excluding carboxylic acids is 2. The molecule has 1 aliphatic heterocycles. The molecule has 41 heavy (non-hydrogen) atoms. The first-order valence-electron chi connectivity index (χ1n) is 14.6. The molecule has 0 unspecified atom stereocenters. The number of benzene rings is 2. The zero-order valence-electron chi connectivity index (χ0n) is 23.6. The summed E-state index contributed by atoms with van der Waals surface area (Å²) in [5.74, 6) is -0.437. The summed E-state index contributed by atoms with van der Waals surface area (Å²) in [6.07, 6.45) is 3.04. The van der Waals surface area contributed by atoms with Crippen molar-refractivity contribution in [1.29, 1.82) is 0 Å². The number of carbonyl (C=O) groups is 2. The Morgan fingerprint density at radius 3 is 2.22 bits per heavy atom. The minimum atomic E-state index is -4.49. The second kappa shape index (κ2) is 12.1. The van der Waals surface area contributed by atoms with Crippen LogP contribution in [0.15, 0.2) is 54.7 Å². The van der Waals surface area contributed by atoms with Gasteiger partial charge in [-0.15, -0.1) is 0 Å². The molecule has 2 heterocycles. The van der Waals surface area contributed by atoms with E-state index in [1.165, 1.54) is 6.07 Å². The van der Waals surface area contributed by atoms with E-state index in [0.717, 1.165) is 56.6 Å². The monoisotopic (exact) mass is 566 g/mol. The number of amides is 2. The minimum absolute atomic E-state index is 0.0680. The lowest BCUT2D eigenvalue weighted by Gasteiger charge is -2.33. The molecule has 2 amide bonds. The number of likely N-dealkylation sites (tertiary alicyclic amines) is 1. The van der Waals surface area contributed by atoms with Crippen molar-refractivity contribution in [3.63, 3.8) is 0 Å². The molecule has 0 radical (unpaired) electrons. The normalized spacial score (nSPS) is 17.2. The first kappa shape index (κ1) is 28.9. The zero-order chi connectivity index (χ0) is 29.1. The van der Waals surface area contributed by atoms with Crippen LogP contribution in [-0.4, -0.2) is 39.6 Å². The van der Waals surface area contributed by atoms with Gasteiger partial charge in [0.2, 0.25) is 0 Å². The van der Waals surface area contributed by atoms with Crippen LogP contribution in [0.2, 0.25) is 0 Å². The summed E-state index contributed by atoms with van der Waals surface area (Å²) < 4.78 is 43.7. The third kappa shape index (κ3) is 6.49. The number of halogens is 3. The fraction of sp³-hybridized carbons (Fsp3) is 0.469. The molecule has 1 aromatic heterocycles. The number of piperidine rings is 1. The molecule has 2 aromatic carbocycles. The average Bonchev–Trinajstić information content (AvgIpc) is 3.48. The Kier molecular flexibility index (Phi) is 8.52. The minimum Gasteiger partial charge on any atom is -0.339 e. The molecule has 1 saturated heterocycles. The molecule has 6 nitrogen and oxygen atoms in total. The number of alkyl halides is 3. The van der Waals surface area contributed by atoms with Gasteiger partial charge in [-0.2, -0.15) is 18.3 Å². The number of anilines is 1. The van der Waals surface area contributed by atoms with Crippen molar-refractivity contribution in [2.24, 2.45) is 0 Å². The summed E-state index contributed by atoms with van der Waals surface area (Å²) in [5.41, 5.74) is 2.06. The van der Waals surface area contributed by atoms with Crippen molar-refractivity contribution in [2.45, 2.75) is 82.8 Å². The fourth-order valence-corrected chi connectivity index (χ4v) is 6.24. The Labute approximate surface area is 238 Å². The van der Waals surface area contributed by atoms with E-state index in [0.29, 0.717) is 30.0 Å². The molecular formula is C32H37F3N4O2. The van der Waals surface area contributed by atoms with Gasteiger partial charge in [0.15, 0.2) is 0 Å². The first-order valence-corrected chi connectivity index (χ1v) is 14.6. The Morgan fingerprint density at radius 1 is 0.902 bits per heavy atom. The van der Waals surface area contributed by atoms with E-state index in [9.17, 15) is 22.8 Å². The van der Waals surface area contributed by atoms with Crippen LogP contribution >= 0.6 is 0 Å². The summed E-state index contributed by atoms with van der Waals surface area (Å²) in [6.45, 7) is 4.88. The topological polar surface area (TPSA) is 67.2 Å². The van der Waals surface area contributed by atoms with Gasteiger partial charge in [0, 0.05) is 36.6 Å². The summed E-state index contributed by atoms with van der Waals surface area (Å²) in [7, 11) is 0. The Morgan fingerprint density at radius 2 is 1.59 bits per heavy atom. The number of rotatable bonds is 6. The summed E-state index contributed by atoms with van der Waals surface area (Å²) in [4.78, 5) is 27.6. The maximum absolute atomic E-state index is 14.0. The van der Waals surface area contributed by atoms with Gasteiger partial charge in [0.1, 0.15) is 5.69 Å². The standard InChI is InChI=1S/C32H37F3N4O2/c1-21(2)39-29(14-17-36-39)30(40)37-26-11-8-22(9-12-26)23-15-18-38(19-16-23)31(41)25-10-13-27(24-6-4-3-5-7-24)28(20-25)32(33,34)35/h8-14,17,20-21,23-24H,3-7,15-16,18-19H2,1-2H3,(H,37,40). The van der Waals surface area contributed by atoms with Gasteiger partial charge < -0.3 is 10.2 Å². The van der Waals surface area contributed by atoms with Crippen molar-refractivity contribution < 1.29 is 22.8 Å². The summed E-state index contributed by atoms with van der Waals surface area (Å²) >= 11 is 0. The largest absolute Gasteiger partial charge is 0.416 e. The molecule has 1 aliphatic carbocycles. The molecule has 0 atom stereocenters. The van der Waals surface area contributed by atoms with Crippen molar-refractivity contribution >= 4 is 17.5 Å². The van der Waals surface area contributed by atoms with E-state index in [-0.39, 0.29) is 35.3 Å². The molecule has 5 rings (SSSR count). The highest BCUT2D eigenvalue weighted by Crippen LogP contribution is 2.41. The van der Waals surface area contributed by atoms with Gasteiger partial charge in [-0.1, -0.05) is 37.5 Å². The molecule has 1 N–H and O–H groups in total. The average molecular weight is 567 g/mol. The maximum atomic E-state index is 14.0. The van der Waals surface area contributed by atoms with Gasteiger partial charge in [-0.3, -0.25) is 14.3 Å². The van der Waals surface area contributed by atoms with E-state index in [1.807, 2.05) is 38.1 Å². The second-order valence-electron chi connectivity index (χ2n) is 11.5. The quantitative estimate of drug-likeness (QED) is 0.331. The van der Waals surface area contributed by atoms with E-state index in [4.69, 9.17) is 0 Å². The van der Waals surface area contributed by atoms with Gasteiger partial charge in [0.25, 0.3) is 11.8 Å². The van der Waals surface area contributed by atoms with Crippen LogP contribution < -0.4 is 5.32 Å². The van der Waals surface area contributed by atoms with Crippen LogP contribution in [0.1, 0.15) is 114 Å². The lowest BCUT2D eigenvalue weighted by molar-refractivity contribution is -0.138. The molecule has 0 spiro atoms. The third-order valence-electron chi connectivity index (χ3n) is 8.46. The maximum Gasteiger partial charge on any atom is 0.416 e. The van der Waals surface area contributed by atoms with Crippen LogP contribution in [0.3, 0.4) is 0 Å². The van der Waals surface area contributed by atoms with Crippen molar-refractivity contribution in [2.75, 3.05) is 18.4 Å². The van der Waals surface area contributed by atoms with E-state index < -0.39 is 11.7 Å². The Hall–Kier alpha value is -3.62. The number of nitrogens with zero attached hydrogens (tertiary/aromatic N) is 3. The van der Waals surface area contributed by atoms with Gasteiger partial charge in [-0.25, -0.2) is 0 Å². The molecule has 2 aliphatic rings. The molecule has 1 saturated carbocycles. The van der Waals surface area contributed by atoms with Gasteiger partial charge in [0.05, 0.1) is 5.56 Å². The predicted octanol–water partition coefficient (Wildman–Crippen LogP) is 7.80. The predicted molar refractivity (Wildman–Crippen MR) is 152 cm³/mol.